The van der Waals surface area contributed by atoms with Crippen LogP contribution in [-0.2, 0) is 16.0 Å². The predicted octanol–water partition coefficient (Wildman–Crippen LogP) is 3.63. The predicted molar refractivity (Wildman–Crippen MR) is 121 cm³/mol. The van der Waals surface area contributed by atoms with Gasteiger partial charge in [0.15, 0.2) is 11.5 Å². The summed E-state index contributed by atoms with van der Waals surface area (Å²) >= 11 is 0. The van der Waals surface area contributed by atoms with Crippen molar-refractivity contribution in [2.45, 2.75) is 45.3 Å². The van der Waals surface area contributed by atoms with Crippen molar-refractivity contribution in [2.75, 3.05) is 13.8 Å². The Kier molecular flexibility index (Phi) is 4.84. The standard InChI is InChI=1S/C23H21N3O4.C2H6/c1-12-22(27)26-17(23(28)25(12)2)10-15-14-5-3-4-6-16(14)24-20(15)21(26)13-7-8-18-19(9-13)30-11-29-18;1-2/h3-9,12,17,21,24H,10-11H2,1-2H3;1-2H3. The smallest absolute Gasteiger partial charge is 0.246 e. The Labute approximate surface area is 186 Å². The highest BCUT2D eigenvalue weighted by molar-refractivity contribution is 5.99. The van der Waals surface area contributed by atoms with Crippen LogP contribution < -0.4 is 9.47 Å². The molecule has 3 aromatic rings. The van der Waals surface area contributed by atoms with Gasteiger partial charge in [0.25, 0.3) is 0 Å². The normalized spacial score (nSPS) is 23.6. The van der Waals surface area contributed by atoms with Crippen LogP contribution in [0.2, 0.25) is 0 Å². The van der Waals surface area contributed by atoms with Gasteiger partial charge in [0.1, 0.15) is 12.1 Å². The third kappa shape index (κ3) is 2.80. The van der Waals surface area contributed by atoms with Gasteiger partial charge in [-0.2, -0.15) is 0 Å². The molecule has 0 aliphatic carbocycles. The molecular weight excluding hydrogens is 406 g/mol. The van der Waals surface area contributed by atoms with Crippen molar-refractivity contribution in [2.24, 2.45) is 0 Å². The van der Waals surface area contributed by atoms with E-state index in [0.717, 1.165) is 27.7 Å². The van der Waals surface area contributed by atoms with E-state index in [0.29, 0.717) is 17.9 Å². The summed E-state index contributed by atoms with van der Waals surface area (Å²) in [6.45, 7) is 5.97. The molecule has 3 aliphatic heterocycles. The number of H-pyrrole nitrogens is 1. The fraction of sp³-hybridized carbons (Fsp3) is 0.360. The second-order valence-electron chi connectivity index (χ2n) is 8.17. The van der Waals surface area contributed by atoms with Gasteiger partial charge < -0.3 is 24.3 Å². The first kappa shape index (κ1) is 20.4. The second kappa shape index (κ2) is 7.58. The van der Waals surface area contributed by atoms with Gasteiger partial charge in [-0.3, -0.25) is 9.59 Å². The molecule has 0 spiro atoms. The van der Waals surface area contributed by atoms with E-state index in [2.05, 4.69) is 11.1 Å². The molecule has 4 heterocycles. The first-order chi connectivity index (χ1) is 15.5. The summed E-state index contributed by atoms with van der Waals surface area (Å²) in [5.74, 6) is 1.28. The molecule has 0 bridgehead atoms. The third-order valence-electron chi connectivity index (χ3n) is 6.67. The Bertz CT molecular complexity index is 1220. The molecule has 7 nitrogen and oxygen atoms in total. The van der Waals surface area contributed by atoms with Crippen molar-refractivity contribution < 1.29 is 19.1 Å². The molecule has 3 atom stereocenters. The number of benzene rings is 2. The number of likely N-dealkylation sites (N-methyl/N-ethyl adjacent to an activating group) is 1. The zero-order chi connectivity index (χ0) is 22.6. The van der Waals surface area contributed by atoms with Gasteiger partial charge in [-0.05, 0) is 36.2 Å². The fourth-order valence-electron chi connectivity index (χ4n) is 4.99. The third-order valence-corrected chi connectivity index (χ3v) is 6.67. The monoisotopic (exact) mass is 433 g/mol. The minimum atomic E-state index is -0.527. The summed E-state index contributed by atoms with van der Waals surface area (Å²) in [5.41, 5.74) is 3.96. The van der Waals surface area contributed by atoms with Crippen LogP contribution in [0.5, 0.6) is 11.5 Å². The van der Waals surface area contributed by atoms with E-state index in [1.165, 1.54) is 0 Å². The average molecular weight is 434 g/mol. The van der Waals surface area contributed by atoms with Crippen LogP contribution in [0.25, 0.3) is 10.9 Å². The Balaban J connectivity index is 0.00000105. The number of rotatable bonds is 1. The number of hydrogen-bond acceptors (Lipinski definition) is 4. The zero-order valence-electron chi connectivity index (χ0n) is 18.7. The lowest BCUT2D eigenvalue weighted by Gasteiger charge is -2.48. The van der Waals surface area contributed by atoms with Gasteiger partial charge >= 0.3 is 0 Å². The number of carbonyl (C=O) groups is 2. The molecule has 3 aliphatic rings. The van der Waals surface area contributed by atoms with Crippen LogP contribution in [-0.4, -0.2) is 52.5 Å². The van der Waals surface area contributed by atoms with Gasteiger partial charge in [0.05, 0.1) is 6.04 Å². The number of ether oxygens (including phenoxy) is 2. The van der Waals surface area contributed by atoms with Crippen LogP contribution in [0.3, 0.4) is 0 Å². The van der Waals surface area contributed by atoms with E-state index >= 15 is 0 Å². The minimum Gasteiger partial charge on any atom is -0.454 e. The number of piperazine rings is 1. The number of aromatic nitrogens is 1. The Morgan fingerprint density at radius 2 is 1.75 bits per heavy atom. The van der Waals surface area contributed by atoms with Gasteiger partial charge in [-0.15, -0.1) is 0 Å². The van der Waals surface area contributed by atoms with E-state index in [1.807, 2.05) is 50.2 Å². The van der Waals surface area contributed by atoms with E-state index in [4.69, 9.17) is 9.47 Å². The lowest BCUT2D eigenvalue weighted by atomic mass is 9.85. The van der Waals surface area contributed by atoms with Crippen LogP contribution in [0.15, 0.2) is 42.5 Å². The van der Waals surface area contributed by atoms with Crippen molar-refractivity contribution in [3.63, 3.8) is 0 Å². The van der Waals surface area contributed by atoms with Crippen LogP contribution >= 0.6 is 0 Å². The lowest BCUT2D eigenvalue weighted by Crippen LogP contribution is -2.65. The molecule has 2 aromatic carbocycles. The van der Waals surface area contributed by atoms with E-state index in [9.17, 15) is 9.59 Å². The summed E-state index contributed by atoms with van der Waals surface area (Å²) in [7, 11) is 1.71. The molecule has 32 heavy (non-hydrogen) atoms. The first-order valence-electron chi connectivity index (χ1n) is 11.1. The highest BCUT2D eigenvalue weighted by atomic mass is 16.7. The van der Waals surface area contributed by atoms with Crippen LogP contribution in [0.4, 0.5) is 0 Å². The SMILES string of the molecule is CC.CC1C(=O)N2C(Cc3c([nH]c4ccccc34)C2c2ccc3c(c2)OCO3)C(=O)N1C. The molecule has 0 saturated carbocycles. The number of para-hydroxylation sites is 1. The highest BCUT2D eigenvalue weighted by Gasteiger charge is 2.50. The van der Waals surface area contributed by atoms with Crippen LogP contribution in [0.1, 0.15) is 43.6 Å². The van der Waals surface area contributed by atoms with Crippen molar-refractivity contribution in [3.8, 4) is 11.5 Å². The maximum absolute atomic E-state index is 13.4. The molecule has 1 aromatic heterocycles. The quantitative estimate of drug-likeness (QED) is 0.636. The van der Waals surface area contributed by atoms with Gasteiger partial charge in [-0.25, -0.2) is 0 Å². The first-order valence-corrected chi connectivity index (χ1v) is 11.1. The molecular formula is C25H27N3O4. The largest absolute Gasteiger partial charge is 0.454 e. The zero-order valence-corrected chi connectivity index (χ0v) is 18.7. The molecule has 1 N–H and O–H groups in total. The summed E-state index contributed by atoms with van der Waals surface area (Å²) in [5, 5.41) is 1.10. The molecule has 1 saturated heterocycles. The summed E-state index contributed by atoms with van der Waals surface area (Å²) in [6.07, 6.45) is 0.502. The molecule has 2 amide bonds. The van der Waals surface area contributed by atoms with Crippen LogP contribution in [0, 0.1) is 0 Å². The number of amides is 2. The number of nitrogens with zero attached hydrogens (tertiary/aromatic N) is 2. The Morgan fingerprint density at radius 3 is 2.56 bits per heavy atom. The molecule has 0 radical (unpaired) electrons. The maximum Gasteiger partial charge on any atom is 0.246 e. The number of aromatic amines is 1. The topological polar surface area (TPSA) is 74.9 Å². The molecule has 166 valence electrons. The molecule has 7 heteroatoms. The number of fused-ring (bicyclic) bond motifs is 5. The lowest BCUT2D eigenvalue weighted by molar-refractivity contribution is -0.162. The van der Waals surface area contributed by atoms with E-state index in [-0.39, 0.29) is 18.6 Å². The highest BCUT2D eigenvalue weighted by Crippen LogP contribution is 2.45. The van der Waals surface area contributed by atoms with Gasteiger partial charge in [-0.1, -0.05) is 38.1 Å². The summed E-state index contributed by atoms with van der Waals surface area (Å²) < 4.78 is 11.1. The summed E-state index contributed by atoms with van der Waals surface area (Å²) in [6, 6.07) is 12.4. The molecule has 1 fully saturated rings. The molecule has 3 unspecified atom stereocenters. The number of hydrogen-bond donors (Lipinski definition) is 1. The van der Waals surface area contributed by atoms with E-state index < -0.39 is 18.1 Å². The van der Waals surface area contributed by atoms with Gasteiger partial charge in [0.2, 0.25) is 18.6 Å². The van der Waals surface area contributed by atoms with Crippen molar-refractivity contribution >= 4 is 22.7 Å². The Hall–Kier alpha value is -3.48. The maximum atomic E-state index is 13.4. The summed E-state index contributed by atoms with van der Waals surface area (Å²) in [4.78, 5) is 33.5. The van der Waals surface area contributed by atoms with Crippen molar-refractivity contribution in [1.82, 2.24) is 14.8 Å². The number of carbonyl (C=O) groups excluding carboxylic acids is 2. The Morgan fingerprint density at radius 1 is 1.00 bits per heavy atom. The van der Waals surface area contributed by atoms with E-state index in [1.54, 1.807) is 23.8 Å². The fourth-order valence-corrected chi connectivity index (χ4v) is 4.99. The number of nitrogens with one attached hydrogen (secondary N) is 1. The molecule has 6 rings (SSSR count). The second-order valence-corrected chi connectivity index (χ2v) is 8.17. The minimum absolute atomic E-state index is 0.0243. The van der Waals surface area contributed by atoms with Gasteiger partial charge in [0, 0.05) is 30.1 Å². The average Bonchev–Trinajstić information content (AvgIpc) is 3.45. The van der Waals surface area contributed by atoms with Crippen molar-refractivity contribution in [3.05, 3.63) is 59.3 Å². The van der Waals surface area contributed by atoms with Crippen molar-refractivity contribution in [1.29, 1.82) is 0 Å².